The molecule has 0 radical (unpaired) electrons. The molecule has 2 amide bonds. The summed E-state index contributed by atoms with van der Waals surface area (Å²) in [4.78, 5) is 24.0. The molecule has 2 rings (SSSR count). The van der Waals surface area contributed by atoms with Gasteiger partial charge in [0.1, 0.15) is 5.75 Å². The number of hydrogen-bond acceptors (Lipinski definition) is 3. The smallest absolute Gasteiger partial charge is 0.279 e. The first-order valence-electron chi connectivity index (χ1n) is 7.05. The van der Waals surface area contributed by atoms with E-state index < -0.39 is 12.0 Å². The van der Waals surface area contributed by atoms with Gasteiger partial charge in [0.15, 0.2) is 6.10 Å². The lowest BCUT2D eigenvalue weighted by molar-refractivity contribution is -0.128. The molecule has 5 nitrogen and oxygen atoms in total. The molecule has 2 aromatic carbocycles. The van der Waals surface area contributed by atoms with Crippen molar-refractivity contribution in [3.05, 3.63) is 63.2 Å². The zero-order chi connectivity index (χ0) is 16.8. The SMILES string of the molecule is Cc1ccc(OC(C)C(=O)NNC(=O)c2ccccc2I)cc1. The standard InChI is InChI=1S/C17H17IN2O3/c1-11-7-9-13(10-8-11)23-12(2)16(21)19-20-17(22)14-5-3-4-6-15(14)18/h3-10,12H,1-2H3,(H,19,21)(H,20,22). The lowest BCUT2D eigenvalue weighted by atomic mass is 10.2. The van der Waals surface area contributed by atoms with Gasteiger partial charge in [-0.2, -0.15) is 0 Å². The maximum atomic E-state index is 12.0. The molecule has 0 aliphatic heterocycles. The van der Waals surface area contributed by atoms with Gasteiger partial charge in [0, 0.05) is 3.57 Å². The molecule has 6 heteroatoms. The number of hydrazine groups is 1. The number of aryl methyl sites for hydroxylation is 1. The molecule has 2 aromatic rings. The molecule has 120 valence electrons. The Morgan fingerprint density at radius 1 is 1.04 bits per heavy atom. The van der Waals surface area contributed by atoms with Gasteiger partial charge in [-0.25, -0.2) is 0 Å². The predicted molar refractivity (Wildman–Crippen MR) is 96.0 cm³/mol. The lowest BCUT2D eigenvalue weighted by Gasteiger charge is -2.15. The first-order valence-corrected chi connectivity index (χ1v) is 8.13. The number of nitrogens with one attached hydrogen (secondary N) is 2. The molecule has 0 aliphatic carbocycles. The largest absolute Gasteiger partial charge is 0.481 e. The maximum absolute atomic E-state index is 12.0. The van der Waals surface area contributed by atoms with Crippen LogP contribution in [0.5, 0.6) is 5.75 Å². The normalized spacial score (nSPS) is 11.4. The Kier molecular flexibility index (Phi) is 5.97. The number of carbonyl (C=O) groups is 2. The lowest BCUT2D eigenvalue weighted by Crippen LogP contribution is -2.47. The Morgan fingerprint density at radius 2 is 1.70 bits per heavy atom. The fourth-order valence-corrected chi connectivity index (χ4v) is 2.44. The highest BCUT2D eigenvalue weighted by Gasteiger charge is 2.16. The van der Waals surface area contributed by atoms with Crippen molar-refractivity contribution >= 4 is 34.4 Å². The molecule has 1 unspecified atom stereocenters. The van der Waals surface area contributed by atoms with Crippen molar-refractivity contribution in [1.29, 1.82) is 0 Å². The van der Waals surface area contributed by atoms with Crippen LogP contribution in [0.1, 0.15) is 22.8 Å². The third-order valence-electron chi connectivity index (χ3n) is 3.12. The number of amides is 2. The molecule has 23 heavy (non-hydrogen) atoms. The number of benzene rings is 2. The Balaban J connectivity index is 1.87. The van der Waals surface area contributed by atoms with Gasteiger partial charge in [-0.1, -0.05) is 29.8 Å². The molecule has 0 saturated heterocycles. The number of rotatable bonds is 4. The van der Waals surface area contributed by atoms with Crippen molar-refractivity contribution in [2.45, 2.75) is 20.0 Å². The second-order valence-electron chi connectivity index (χ2n) is 5.00. The van der Waals surface area contributed by atoms with Gasteiger partial charge in [-0.05, 0) is 60.7 Å². The minimum absolute atomic E-state index is 0.370. The summed E-state index contributed by atoms with van der Waals surface area (Å²) in [6.45, 7) is 3.59. The maximum Gasteiger partial charge on any atom is 0.279 e. The van der Waals surface area contributed by atoms with E-state index in [1.54, 1.807) is 31.2 Å². The average molecular weight is 424 g/mol. The van der Waals surface area contributed by atoms with E-state index in [9.17, 15) is 9.59 Å². The van der Waals surface area contributed by atoms with E-state index in [1.807, 2.05) is 31.2 Å². The summed E-state index contributed by atoms with van der Waals surface area (Å²) in [5, 5.41) is 0. The van der Waals surface area contributed by atoms with Gasteiger partial charge in [0.05, 0.1) is 5.56 Å². The Bertz CT molecular complexity index is 701. The summed E-state index contributed by atoms with van der Waals surface area (Å²) in [6.07, 6.45) is -0.729. The van der Waals surface area contributed by atoms with E-state index >= 15 is 0 Å². The van der Waals surface area contributed by atoms with E-state index in [0.29, 0.717) is 11.3 Å². The zero-order valence-corrected chi connectivity index (χ0v) is 15.0. The minimum atomic E-state index is -0.729. The van der Waals surface area contributed by atoms with Crippen LogP contribution in [0.4, 0.5) is 0 Å². The molecule has 0 aliphatic rings. The molecular formula is C17H17IN2O3. The number of ether oxygens (including phenoxy) is 1. The number of hydrogen-bond donors (Lipinski definition) is 2. The first-order chi connectivity index (χ1) is 11.0. The average Bonchev–Trinajstić information content (AvgIpc) is 2.54. The van der Waals surface area contributed by atoms with E-state index in [2.05, 4.69) is 33.4 Å². The van der Waals surface area contributed by atoms with Crippen LogP contribution in [-0.2, 0) is 4.79 Å². The van der Waals surface area contributed by atoms with Crippen molar-refractivity contribution in [3.8, 4) is 5.75 Å². The van der Waals surface area contributed by atoms with Gasteiger partial charge >= 0.3 is 0 Å². The minimum Gasteiger partial charge on any atom is -0.481 e. The van der Waals surface area contributed by atoms with Gasteiger partial charge in [-0.15, -0.1) is 0 Å². The summed E-state index contributed by atoms with van der Waals surface area (Å²) < 4.78 is 6.33. The zero-order valence-electron chi connectivity index (χ0n) is 12.8. The third kappa shape index (κ3) is 4.95. The summed E-state index contributed by atoms with van der Waals surface area (Å²) in [5.41, 5.74) is 6.38. The fraction of sp³-hybridized carbons (Fsp3) is 0.176. The van der Waals surface area contributed by atoms with Crippen LogP contribution < -0.4 is 15.6 Å². The molecule has 0 bridgehead atoms. The summed E-state index contributed by atoms with van der Waals surface area (Å²) in [7, 11) is 0. The second-order valence-corrected chi connectivity index (χ2v) is 6.16. The third-order valence-corrected chi connectivity index (χ3v) is 4.06. The molecule has 0 fully saturated rings. The van der Waals surface area contributed by atoms with Gasteiger partial charge in [-0.3, -0.25) is 20.4 Å². The summed E-state index contributed by atoms with van der Waals surface area (Å²) >= 11 is 2.07. The van der Waals surface area contributed by atoms with Gasteiger partial charge in [0.2, 0.25) is 0 Å². The van der Waals surface area contributed by atoms with Crippen LogP contribution in [0.2, 0.25) is 0 Å². The summed E-state index contributed by atoms with van der Waals surface area (Å²) in [6, 6.07) is 14.5. The van der Waals surface area contributed by atoms with Crippen LogP contribution in [0.25, 0.3) is 0 Å². The Labute approximate surface area is 148 Å². The van der Waals surface area contributed by atoms with Crippen molar-refractivity contribution in [2.24, 2.45) is 0 Å². The summed E-state index contributed by atoms with van der Waals surface area (Å²) in [5.74, 6) is -0.196. The van der Waals surface area contributed by atoms with E-state index in [1.165, 1.54) is 0 Å². The van der Waals surface area contributed by atoms with Gasteiger partial charge < -0.3 is 4.74 Å². The van der Waals surface area contributed by atoms with Crippen molar-refractivity contribution in [3.63, 3.8) is 0 Å². The Morgan fingerprint density at radius 3 is 2.35 bits per heavy atom. The van der Waals surface area contributed by atoms with E-state index in [4.69, 9.17) is 4.74 Å². The number of halogens is 1. The number of carbonyl (C=O) groups excluding carboxylic acids is 2. The van der Waals surface area contributed by atoms with E-state index in [-0.39, 0.29) is 5.91 Å². The predicted octanol–water partition coefficient (Wildman–Crippen LogP) is 2.83. The van der Waals surface area contributed by atoms with Crippen LogP contribution in [0, 0.1) is 10.5 Å². The molecule has 1 atom stereocenters. The van der Waals surface area contributed by atoms with Gasteiger partial charge in [0.25, 0.3) is 11.8 Å². The molecule has 0 spiro atoms. The first kappa shape index (κ1) is 17.3. The molecular weight excluding hydrogens is 407 g/mol. The quantitative estimate of drug-likeness (QED) is 0.586. The molecule has 0 heterocycles. The molecule has 0 saturated carbocycles. The second kappa shape index (κ2) is 7.96. The highest BCUT2D eigenvalue weighted by atomic mass is 127. The topological polar surface area (TPSA) is 67.4 Å². The highest BCUT2D eigenvalue weighted by molar-refractivity contribution is 14.1. The van der Waals surface area contributed by atoms with Crippen LogP contribution in [0.15, 0.2) is 48.5 Å². The van der Waals surface area contributed by atoms with Crippen molar-refractivity contribution < 1.29 is 14.3 Å². The Hall–Kier alpha value is -2.09. The van der Waals surface area contributed by atoms with Crippen LogP contribution in [0.3, 0.4) is 0 Å². The molecule has 2 N–H and O–H groups in total. The molecule has 0 aromatic heterocycles. The van der Waals surface area contributed by atoms with E-state index in [0.717, 1.165) is 9.13 Å². The fourth-order valence-electron chi connectivity index (χ4n) is 1.81. The monoisotopic (exact) mass is 424 g/mol. The van der Waals surface area contributed by atoms with Crippen molar-refractivity contribution in [2.75, 3.05) is 0 Å². The van der Waals surface area contributed by atoms with Crippen LogP contribution >= 0.6 is 22.6 Å². The van der Waals surface area contributed by atoms with Crippen molar-refractivity contribution in [1.82, 2.24) is 10.9 Å². The van der Waals surface area contributed by atoms with Crippen LogP contribution in [-0.4, -0.2) is 17.9 Å². The highest BCUT2D eigenvalue weighted by Crippen LogP contribution is 2.13.